The Bertz CT molecular complexity index is 247. The van der Waals surface area contributed by atoms with Crippen LogP contribution in [0.25, 0.3) is 0 Å². The minimum absolute atomic E-state index is 0.140. The summed E-state index contributed by atoms with van der Waals surface area (Å²) >= 11 is 0. The van der Waals surface area contributed by atoms with Crippen molar-refractivity contribution in [2.24, 2.45) is 5.92 Å². The Hall–Kier alpha value is -0.410. The van der Waals surface area contributed by atoms with Crippen LogP contribution in [0, 0.1) is 5.92 Å². The molecule has 0 amide bonds. The Morgan fingerprint density at radius 1 is 1.29 bits per heavy atom. The second kappa shape index (κ2) is 6.50. The quantitative estimate of drug-likeness (QED) is 0.753. The summed E-state index contributed by atoms with van der Waals surface area (Å²) in [4.78, 5) is 14.7. The van der Waals surface area contributed by atoms with Crippen molar-refractivity contribution in [3.8, 4) is 0 Å². The van der Waals surface area contributed by atoms with Crippen LogP contribution >= 0.6 is 0 Å². The highest BCUT2D eigenvalue weighted by atomic mass is 16.5. The van der Waals surface area contributed by atoms with E-state index in [2.05, 4.69) is 11.8 Å². The van der Waals surface area contributed by atoms with Crippen molar-refractivity contribution < 1.29 is 9.53 Å². The van der Waals surface area contributed by atoms with E-state index in [1.165, 1.54) is 19.3 Å². The molecule has 0 N–H and O–H groups in total. The molecular formula is C14H25NO2. The summed E-state index contributed by atoms with van der Waals surface area (Å²) in [5, 5.41) is 0. The molecule has 2 fully saturated rings. The fourth-order valence-electron chi connectivity index (χ4n) is 3.04. The second-order valence-corrected chi connectivity index (χ2v) is 5.40. The summed E-state index contributed by atoms with van der Waals surface area (Å²) in [5.74, 6) is 0.667. The lowest BCUT2D eigenvalue weighted by Gasteiger charge is -2.34. The zero-order valence-corrected chi connectivity index (χ0v) is 11.0. The molecule has 1 saturated carbocycles. The van der Waals surface area contributed by atoms with Gasteiger partial charge < -0.3 is 4.74 Å². The number of ketones is 1. The monoisotopic (exact) mass is 239 g/mol. The van der Waals surface area contributed by atoms with Crippen LogP contribution in [0.3, 0.4) is 0 Å². The maximum absolute atomic E-state index is 12.4. The van der Waals surface area contributed by atoms with E-state index in [1.807, 2.05) is 0 Å². The van der Waals surface area contributed by atoms with E-state index in [0.717, 1.165) is 45.5 Å². The number of Topliss-reactive ketones (excluding diaryl/α,β-unsaturated/α-hetero) is 1. The van der Waals surface area contributed by atoms with Gasteiger partial charge in [-0.1, -0.05) is 26.2 Å². The predicted molar refractivity (Wildman–Crippen MR) is 68.1 cm³/mol. The normalized spacial score (nSPS) is 28.2. The third-order valence-electron chi connectivity index (χ3n) is 4.02. The topological polar surface area (TPSA) is 29.5 Å². The molecule has 2 aliphatic rings. The molecule has 0 aromatic heterocycles. The van der Waals surface area contributed by atoms with Crippen LogP contribution in [-0.4, -0.2) is 43.0 Å². The zero-order valence-electron chi connectivity index (χ0n) is 11.0. The SMILES string of the molecule is CCCN1CCOC(C(=O)C2CCCCC2)C1. The molecule has 0 aromatic rings. The number of carbonyl (C=O) groups is 1. The number of morpholine rings is 1. The molecule has 0 aromatic carbocycles. The first kappa shape index (κ1) is 13.0. The fourth-order valence-corrected chi connectivity index (χ4v) is 3.04. The van der Waals surface area contributed by atoms with Gasteiger partial charge in [0.25, 0.3) is 0 Å². The molecule has 3 nitrogen and oxygen atoms in total. The molecule has 17 heavy (non-hydrogen) atoms. The minimum Gasteiger partial charge on any atom is -0.368 e. The van der Waals surface area contributed by atoms with E-state index in [9.17, 15) is 4.79 Å². The Labute approximate surface area is 105 Å². The lowest BCUT2D eigenvalue weighted by molar-refractivity contribution is -0.141. The van der Waals surface area contributed by atoms with Crippen molar-refractivity contribution in [3.05, 3.63) is 0 Å². The minimum atomic E-state index is -0.140. The highest BCUT2D eigenvalue weighted by molar-refractivity contribution is 5.85. The maximum atomic E-state index is 12.4. The van der Waals surface area contributed by atoms with Gasteiger partial charge >= 0.3 is 0 Å². The van der Waals surface area contributed by atoms with E-state index in [4.69, 9.17) is 4.74 Å². The van der Waals surface area contributed by atoms with E-state index in [0.29, 0.717) is 5.78 Å². The Kier molecular flexibility index (Phi) is 4.99. The van der Waals surface area contributed by atoms with E-state index in [1.54, 1.807) is 0 Å². The van der Waals surface area contributed by atoms with Crippen LogP contribution in [0.5, 0.6) is 0 Å². The number of hydrogen-bond acceptors (Lipinski definition) is 3. The average molecular weight is 239 g/mol. The van der Waals surface area contributed by atoms with E-state index in [-0.39, 0.29) is 12.0 Å². The molecule has 0 bridgehead atoms. The Morgan fingerprint density at radius 2 is 2.06 bits per heavy atom. The fraction of sp³-hybridized carbons (Fsp3) is 0.929. The summed E-state index contributed by atoms with van der Waals surface area (Å²) in [6.45, 7) is 5.82. The summed E-state index contributed by atoms with van der Waals surface area (Å²) in [5.41, 5.74) is 0. The largest absolute Gasteiger partial charge is 0.368 e. The molecule has 1 saturated heterocycles. The van der Waals surface area contributed by atoms with Gasteiger partial charge in [-0.15, -0.1) is 0 Å². The number of rotatable bonds is 4. The zero-order chi connectivity index (χ0) is 12.1. The highest BCUT2D eigenvalue weighted by Crippen LogP contribution is 2.26. The first-order valence-electron chi connectivity index (χ1n) is 7.19. The smallest absolute Gasteiger partial charge is 0.165 e. The molecule has 1 atom stereocenters. The lowest BCUT2D eigenvalue weighted by Crippen LogP contribution is -2.48. The molecule has 1 unspecified atom stereocenters. The van der Waals surface area contributed by atoms with Crippen molar-refractivity contribution in [1.82, 2.24) is 4.90 Å². The molecule has 0 spiro atoms. The number of nitrogens with zero attached hydrogens (tertiary/aromatic N) is 1. The molecule has 1 aliphatic heterocycles. The van der Waals surface area contributed by atoms with Crippen LogP contribution in [0.1, 0.15) is 45.4 Å². The third-order valence-corrected chi connectivity index (χ3v) is 4.02. The summed E-state index contributed by atoms with van der Waals surface area (Å²) in [7, 11) is 0. The molecule has 0 radical (unpaired) electrons. The lowest BCUT2D eigenvalue weighted by atomic mass is 9.84. The third kappa shape index (κ3) is 3.52. The van der Waals surface area contributed by atoms with Gasteiger partial charge in [0.05, 0.1) is 6.61 Å². The summed E-state index contributed by atoms with van der Waals surface area (Å²) in [6.07, 6.45) is 6.95. The second-order valence-electron chi connectivity index (χ2n) is 5.40. The van der Waals surface area contributed by atoms with Gasteiger partial charge in [0.15, 0.2) is 5.78 Å². The molecular weight excluding hydrogens is 214 g/mol. The van der Waals surface area contributed by atoms with Crippen LogP contribution in [-0.2, 0) is 9.53 Å². The average Bonchev–Trinajstić information content (AvgIpc) is 2.40. The van der Waals surface area contributed by atoms with Gasteiger partial charge in [-0.05, 0) is 25.8 Å². The molecule has 1 aliphatic carbocycles. The first-order chi connectivity index (χ1) is 8.31. The van der Waals surface area contributed by atoms with E-state index < -0.39 is 0 Å². The highest BCUT2D eigenvalue weighted by Gasteiger charge is 2.31. The van der Waals surface area contributed by atoms with Crippen LogP contribution in [0.15, 0.2) is 0 Å². The summed E-state index contributed by atoms with van der Waals surface area (Å²) < 4.78 is 5.68. The molecule has 1 heterocycles. The number of carbonyl (C=O) groups excluding carboxylic acids is 1. The standard InChI is InChI=1S/C14H25NO2/c1-2-8-15-9-10-17-13(11-15)14(16)12-6-4-3-5-7-12/h12-13H,2-11H2,1H3. The van der Waals surface area contributed by atoms with E-state index >= 15 is 0 Å². The van der Waals surface area contributed by atoms with Crippen LogP contribution in [0.4, 0.5) is 0 Å². The van der Waals surface area contributed by atoms with Gasteiger partial charge in [-0.2, -0.15) is 0 Å². The molecule has 2 rings (SSSR count). The van der Waals surface area contributed by atoms with Gasteiger partial charge in [-0.25, -0.2) is 0 Å². The van der Waals surface area contributed by atoms with Crippen molar-refractivity contribution in [2.75, 3.05) is 26.2 Å². The van der Waals surface area contributed by atoms with Gasteiger partial charge in [-0.3, -0.25) is 9.69 Å². The maximum Gasteiger partial charge on any atom is 0.165 e. The first-order valence-corrected chi connectivity index (χ1v) is 7.19. The van der Waals surface area contributed by atoms with Crippen molar-refractivity contribution >= 4 is 5.78 Å². The van der Waals surface area contributed by atoms with Crippen LogP contribution < -0.4 is 0 Å². The van der Waals surface area contributed by atoms with Crippen molar-refractivity contribution in [1.29, 1.82) is 0 Å². The summed E-state index contributed by atoms with van der Waals surface area (Å²) in [6, 6.07) is 0. The molecule has 3 heteroatoms. The van der Waals surface area contributed by atoms with Gasteiger partial charge in [0.1, 0.15) is 6.10 Å². The van der Waals surface area contributed by atoms with Crippen molar-refractivity contribution in [2.45, 2.75) is 51.6 Å². The predicted octanol–water partition coefficient (Wildman–Crippen LogP) is 2.25. The van der Waals surface area contributed by atoms with Crippen molar-refractivity contribution in [3.63, 3.8) is 0 Å². The molecule has 98 valence electrons. The Balaban J connectivity index is 1.85. The van der Waals surface area contributed by atoms with Gasteiger partial charge in [0.2, 0.25) is 0 Å². The number of hydrogen-bond donors (Lipinski definition) is 0. The van der Waals surface area contributed by atoms with Crippen LogP contribution in [0.2, 0.25) is 0 Å². The van der Waals surface area contributed by atoms with Gasteiger partial charge in [0, 0.05) is 19.0 Å². The number of ether oxygens (including phenoxy) is 1. The Morgan fingerprint density at radius 3 is 2.76 bits per heavy atom.